The number of nitrogens with zero attached hydrogens (tertiary/aromatic N) is 3. The summed E-state index contributed by atoms with van der Waals surface area (Å²) in [5, 5.41) is 5.14. The van der Waals surface area contributed by atoms with Gasteiger partial charge in [0, 0.05) is 19.5 Å². The quantitative estimate of drug-likeness (QED) is 0.880. The van der Waals surface area contributed by atoms with Crippen LogP contribution in [0.25, 0.3) is 0 Å². The van der Waals surface area contributed by atoms with Crippen LogP contribution in [0.15, 0.2) is 29.4 Å². The Hall–Kier alpha value is -1.62. The van der Waals surface area contributed by atoms with Crippen LogP contribution in [0.5, 0.6) is 0 Å². The summed E-state index contributed by atoms with van der Waals surface area (Å²) in [6.45, 7) is 0.804. The van der Waals surface area contributed by atoms with Crippen molar-refractivity contribution in [1.82, 2.24) is 9.97 Å². The van der Waals surface area contributed by atoms with Crippen LogP contribution in [0, 0.1) is 0 Å². The van der Waals surface area contributed by atoms with Crippen molar-refractivity contribution in [2.75, 3.05) is 24.3 Å². The van der Waals surface area contributed by atoms with Gasteiger partial charge in [-0.25, -0.2) is 4.98 Å². The summed E-state index contributed by atoms with van der Waals surface area (Å²) in [6, 6.07) is 2.07. The molecule has 16 heavy (non-hydrogen) atoms. The molecule has 0 radical (unpaired) electrons. The van der Waals surface area contributed by atoms with Crippen LogP contribution in [0.2, 0.25) is 0 Å². The van der Waals surface area contributed by atoms with Gasteiger partial charge in [0.1, 0.15) is 0 Å². The number of aromatic nitrogens is 2. The lowest BCUT2D eigenvalue weighted by Gasteiger charge is -2.18. The van der Waals surface area contributed by atoms with E-state index in [1.165, 1.54) is 0 Å². The van der Waals surface area contributed by atoms with Gasteiger partial charge in [0.05, 0.1) is 41.5 Å². The molecule has 0 aromatic carbocycles. The highest BCUT2D eigenvalue weighted by atomic mass is 32.1. The van der Waals surface area contributed by atoms with Crippen molar-refractivity contribution in [3.8, 4) is 0 Å². The van der Waals surface area contributed by atoms with Crippen molar-refractivity contribution >= 4 is 22.7 Å². The van der Waals surface area contributed by atoms with Crippen molar-refractivity contribution in [3.63, 3.8) is 0 Å². The molecule has 0 amide bonds. The molecule has 2 rings (SSSR count). The maximum atomic E-state index is 4.27. The monoisotopic (exact) mass is 234 g/mol. The van der Waals surface area contributed by atoms with Crippen LogP contribution in [0.1, 0.15) is 5.69 Å². The van der Waals surface area contributed by atoms with E-state index in [1.807, 2.05) is 25.8 Å². The molecule has 0 spiro atoms. The van der Waals surface area contributed by atoms with Crippen LogP contribution < -0.4 is 10.2 Å². The third-order valence-corrected chi connectivity index (χ3v) is 2.97. The van der Waals surface area contributed by atoms with Crippen molar-refractivity contribution in [2.45, 2.75) is 6.54 Å². The van der Waals surface area contributed by atoms with Crippen LogP contribution in [0.4, 0.5) is 11.4 Å². The zero-order valence-electron chi connectivity index (χ0n) is 9.34. The van der Waals surface area contributed by atoms with E-state index in [2.05, 4.69) is 31.6 Å². The molecule has 0 aliphatic heterocycles. The first kappa shape index (κ1) is 10.9. The molecular weight excluding hydrogens is 220 g/mol. The number of pyridine rings is 1. The van der Waals surface area contributed by atoms with Crippen molar-refractivity contribution in [1.29, 1.82) is 0 Å². The van der Waals surface area contributed by atoms with Gasteiger partial charge in [0.2, 0.25) is 0 Å². The van der Waals surface area contributed by atoms with E-state index < -0.39 is 0 Å². The summed E-state index contributed by atoms with van der Waals surface area (Å²) in [7, 11) is 3.93. The van der Waals surface area contributed by atoms with E-state index in [0.29, 0.717) is 0 Å². The predicted octanol–water partition coefficient (Wildman–Crippen LogP) is 2.22. The molecule has 0 aliphatic carbocycles. The average molecular weight is 234 g/mol. The first-order valence-corrected chi connectivity index (χ1v) is 5.95. The number of thiazole rings is 1. The topological polar surface area (TPSA) is 41.1 Å². The highest BCUT2D eigenvalue weighted by Crippen LogP contribution is 2.18. The molecule has 84 valence electrons. The van der Waals surface area contributed by atoms with Crippen LogP contribution in [-0.4, -0.2) is 24.1 Å². The van der Waals surface area contributed by atoms with E-state index in [1.54, 1.807) is 17.5 Å². The van der Waals surface area contributed by atoms with Gasteiger partial charge in [-0.3, -0.25) is 4.98 Å². The maximum Gasteiger partial charge on any atom is 0.0795 e. The predicted molar refractivity (Wildman–Crippen MR) is 68.0 cm³/mol. The van der Waals surface area contributed by atoms with Gasteiger partial charge in [0.25, 0.3) is 0 Å². The third-order valence-electron chi connectivity index (χ3n) is 2.34. The minimum absolute atomic E-state index is 0.804. The second-order valence-corrected chi connectivity index (χ2v) is 4.24. The van der Waals surface area contributed by atoms with Crippen molar-refractivity contribution < 1.29 is 0 Å². The Balaban J connectivity index is 2.11. The first-order chi connectivity index (χ1) is 7.79. The normalized spacial score (nSPS) is 10.1. The molecule has 0 atom stereocenters. The Bertz CT molecular complexity index is 441. The lowest BCUT2D eigenvalue weighted by molar-refractivity contribution is 0.891. The third kappa shape index (κ3) is 2.49. The fourth-order valence-electron chi connectivity index (χ4n) is 1.42. The molecule has 1 N–H and O–H groups in total. The van der Waals surface area contributed by atoms with Gasteiger partial charge in [-0.2, -0.15) is 0 Å². The van der Waals surface area contributed by atoms with Gasteiger partial charge in [-0.05, 0) is 6.07 Å². The summed E-state index contributed by atoms with van der Waals surface area (Å²) >= 11 is 1.62. The second-order valence-electron chi connectivity index (χ2n) is 3.52. The Morgan fingerprint density at radius 3 is 3.00 bits per heavy atom. The molecule has 0 saturated carbocycles. The molecule has 2 aromatic heterocycles. The summed E-state index contributed by atoms with van der Waals surface area (Å²) in [4.78, 5) is 10.6. The Morgan fingerprint density at radius 2 is 2.31 bits per heavy atom. The number of hydrogen-bond acceptors (Lipinski definition) is 5. The molecule has 5 heteroatoms. The Labute approximate surface area is 99.0 Å². The fraction of sp³-hybridized carbons (Fsp3) is 0.273. The van der Waals surface area contributed by atoms with E-state index in [4.69, 9.17) is 0 Å². The van der Waals surface area contributed by atoms with Gasteiger partial charge < -0.3 is 10.2 Å². The molecule has 0 bridgehead atoms. The highest BCUT2D eigenvalue weighted by Gasteiger charge is 2.04. The SMILES string of the molecule is CNc1cncc(N(C)Cc2cscn2)c1. The lowest BCUT2D eigenvalue weighted by atomic mass is 10.3. The molecule has 0 saturated heterocycles. The first-order valence-electron chi connectivity index (χ1n) is 5.00. The standard InChI is InChI=1S/C11H14N4S/c1-12-9-3-11(5-13-4-9)15(2)6-10-7-16-8-14-10/h3-5,7-8,12H,6H2,1-2H3. The fourth-order valence-corrected chi connectivity index (χ4v) is 1.97. The zero-order chi connectivity index (χ0) is 11.4. The summed E-state index contributed by atoms with van der Waals surface area (Å²) in [5.74, 6) is 0. The van der Waals surface area contributed by atoms with Crippen molar-refractivity contribution in [2.24, 2.45) is 0 Å². The second kappa shape index (κ2) is 4.94. The minimum Gasteiger partial charge on any atom is -0.387 e. The molecule has 4 nitrogen and oxygen atoms in total. The van der Waals surface area contributed by atoms with Crippen LogP contribution >= 0.6 is 11.3 Å². The van der Waals surface area contributed by atoms with E-state index in [-0.39, 0.29) is 0 Å². The number of nitrogens with one attached hydrogen (secondary N) is 1. The van der Waals surface area contributed by atoms with Gasteiger partial charge in [-0.1, -0.05) is 0 Å². The maximum absolute atomic E-state index is 4.27. The Kier molecular flexibility index (Phi) is 3.36. The van der Waals surface area contributed by atoms with Gasteiger partial charge in [0.15, 0.2) is 0 Å². The number of rotatable bonds is 4. The molecule has 2 heterocycles. The van der Waals surface area contributed by atoms with Crippen LogP contribution in [-0.2, 0) is 6.54 Å². The Morgan fingerprint density at radius 1 is 1.44 bits per heavy atom. The van der Waals surface area contributed by atoms with E-state index >= 15 is 0 Å². The number of hydrogen-bond donors (Lipinski definition) is 1. The highest BCUT2D eigenvalue weighted by molar-refractivity contribution is 7.07. The zero-order valence-corrected chi connectivity index (χ0v) is 10.2. The molecule has 0 fully saturated rings. The molecule has 2 aromatic rings. The minimum atomic E-state index is 0.804. The van der Waals surface area contributed by atoms with Gasteiger partial charge >= 0.3 is 0 Å². The van der Waals surface area contributed by atoms with Gasteiger partial charge in [-0.15, -0.1) is 11.3 Å². The van der Waals surface area contributed by atoms with E-state index in [9.17, 15) is 0 Å². The molecule has 0 unspecified atom stereocenters. The average Bonchev–Trinajstić information content (AvgIpc) is 2.82. The van der Waals surface area contributed by atoms with Crippen molar-refractivity contribution in [3.05, 3.63) is 35.0 Å². The lowest BCUT2D eigenvalue weighted by Crippen LogP contribution is -2.16. The summed E-state index contributed by atoms with van der Waals surface area (Å²) in [5.41, 5.74) is 5.04. The molecular formula is C11H14N4S. The summed E-state index contributed by atoms with van der Waals surface area (Å²) < 4.78 is 0. The van der Waals surface area contributed by atoms with E-state index in [0.717, 1.165) is 23.6 Å². The smallest absolute Gasteiger partial charge is 0.0795 e. The summed E-state index contributed by atoms with van der Waals surface area (Å²) in [6.07, 6.45) is 3.66. The largest absolute Gasteiger partial charge is 0.387 e. The van der Waals surface area contributed by atoms with Crippen LogP contribution in [0.3, 0.4) is 0 Å². The molecule has 0 aliphatic rings. The number of anilines is 2.